The van der Waals surface area contributed by atoms with E-state index in [1.165, 1.54) is 4.88 Å². The van der Waals surface area contributed by atoms with Gasteiger partial charge in [0.15, 0.2) is 0 Å². The minimum absolute atomic E-state index is 0.681. The highest BCUT2D eigenvalue weighted by Crippen LogP contribution is 2.24. The maximum absolute atomic E-state index is 9.38. The molecule has 0 aliphatic carbocycles. The molecule has 21 heavy (non-hydrogen) atoms. The average Bonchev–Trinajstić information content (AvgIpc) is 3.04. The van der Waals surface area contributed by atoms with E-state index in [1.807, 2.05) is 30.3 Å². The summed E-state index contributed by atoms with van der Waals surface area (Å²) in [6.07, 6.45) is 0. The van der Waals surface area contributed by atoms with Crippen molar-refractivity contribution in [3.63, 3.8) is 0 Å². The van der Waals surface area contributed by atoms with Gasteiger partial charge in [0.25, 0.3) is 0 Å². The summed E-state index contributed by atoms with van der Waals surface area (Å²) in [5.41, 5.74) is 1.55. The largest absolute Gasteiger partial charge is 0.352 e. The van der Waals surface area contributed by atoms with E-state index in [0.29, 0.717) is 5.56 Å². The number of thiophene rings is 1. The topological polar surface area (TPSA) is 39.9 Å². The van der Waals surface area contributed by atoms with E-state index < -0.39 is 0 Å². The van der Waals surface area contributed by atoms with Crippen molar-refractivity contribution in [2.45, 2.75) is 13.5 Å². The van der Waals surface area contributed by atoms with Crippen LogP contribution in [-0.2, 0) is 6.54 Å². The summed E-state index contributed by atoms with van der Waals surface area (Å²) in [6, 6.07) is 16.1. The monoisotopic (exact) mass is 293 g/mol. The Kier molecular flexibility index (Phi) is 3.85. The van der Waals surface area contributed by atoms with Crippen LogP contribution < -0.4 is 4.90 Å². The molecule has 0 aliphatic heterocycles. The lowest BCUT2D eigenvalue weighted by molar-refractivity contribution is 0.826. The highest BCUT2D eigenvalue weighted by atomic mass is 32.1. The summed E-state index contributed by atoms with van der Waals surface area (Å²) in [7, 11) is 0. The lowest BCUT2D eigenvalue weighted by Crippen LogP contribution is -2.22. The molecule has 3 aromatic rings. The first-order chi connectivity index (χ1) is 10.3. The standard InChI is InChI=1S/C17H15N3S/c1-2-20(12-14-6-5-9-21-14)17-10-13(11-18)15-7-3-4-8-16(15)19-17/h3-10H,2,12H2,1H3. The first-order valence-corrected chi connectivity index (χ1v) is 7.77. The predicted octanol–water partition coefficient (Wildman–Crippen LogP) is 4.19. The van der Waals surface area contributed by atoms with Crippen molar-refractivity contribution >= 4 is 28.1 Å². The summed E-state index contributed by atoms with van der Waals surface area (Å²) in [5, 5.41) is 12.4. The summed E-state index contributed by atoms with van der Waals surface area (Å²) in [6.45, 7) is 3.79. The Hall–Kier alpha value is -2.38. The Labute approximate surface area is 128 Å². The second kappa shape index (κ2) is 5.94. The fourth-order valence-corrected chi connectivity index (χ4v) is 3.08. The molecule has 0 radical (unpaired) electrons. The molecule has 0 spiro atoms. The molecule has 0 N–H and O–H groups in total. The number of para-hydroxylation sites is 1. The molecule has 0 bridgehead atoms. The van der Waals surface area contributed by atoms with Crippen LogP contribution in [-0.4, -0.2) is 11.5 Å². The number of anilines is 1. The third-order valence-electron chi connectivity index (χ3n) is 3.46. The molecule has 0 saturated carbocycles. The first kappa shape index (κ1) is 13.6. The molecule has 0 atom stereocenters. The van der Waals surface area contributed by atoms with Crippen LogP contribution in [0.2, 0.25) is 0 Å². The van der Waals surface area contributed by atoms with Gasteiger partial charge in [-0.1, -0.05) is 24.3 Å². The smallest absolute Gasteiger partial charge is 0.130 e. The van der Waals surface area contributed by atoms with Gasteiger partial charge in [0.1, 0.15) is 5.82 Å². The van der Waals surface area contributed by atoms with E-state index in [4.69, 9.17) is 4.98 Å². The number of rotatable bonds is 4. The van der Waals surface area contributed by atoms with Crippen LogP contribution in [0.5, 0.6) is 0 Å². The molecule has 1 aromatic carbocycles. The van der Waals surface area contributed by atoms with Crippen LogP contribution in [0.3, 0.4) is 0 Å². The third-order valence-corrected chi connectivity index (χ3v) is 4.32. The number of aromatic nitrogens is 1. The minimum atomic E-state index is 0.681. The van der Waals surface area contributed by atoms with E-state index in [9.17, 15) is 5.26 Å². The maximum Gasteiger partial charge on any atom is 0.130 e. The van der Waals surface area contributed by atoms with Crippen molar-refractivity contribution in [2.75, 3.05) is 11.4 Å². The van der Waals surface area contributed by atoms with E-state index in [-0.39, 0.29) is 0 Å². The highest BCUT2D eigenvalue weighted by molar-refractivity contribution is 7.09. The van der Waals surface area contributed by atoms with Gasteiger partial charge in [0.2, 0.25) is 0 Å². The fraction of sp³-hybridized carbons (Fsp3) is 0.176. The molecule has 0 amide bonds. The van der Waals surface area contributed by atoms with Gasteiger partial charge in [0.05, 0.1) is 23.7 Å². The number of hydrogen-bond donors (Lipinski definition) is 0. The Balaban J connectivity index is 2.04. The van der Waals surface area contributed by atoms with Crippen LogP contribution >= 0.6 is 11.3 Å². The van der Waals surface area contributed by atoms with Gasteiger partial charge in [-0.05, 0) is 30.5 Å². The van der Waals surface area contributed by atoms with Gasteiger partial charge in [-0.3, -0.25) is 0 Å². The second-order valence-corrected chi connectivity index (χ2v) is 5.78. The molecular weight excluding hydrogens is 278 g/mol. The third kappa shape index (κ3) is 2.74. The molecule has 2 aromatic heterocycles. The maximum atomic E-state index is 9.38. The van der Waals surface area contributed by atoms with E-state index >= 15 is 0 Å². The number of benzene rings is 1. The van der Waals surface area contributed by atoms with Gasteiger partial charge < -0.3 is 4.90 Å². The van der Waals surface area contributed by atoms with Crippen LogP contribution in [0.25, 0.3) is 10.9 Å². The van der Waals surface area contributed by atoms with Crippen molar-refractivity contribution in [3.8, 4) is 6.07 Å². The average molecular weight is 293 g/mol. The van der Waals surface area contributed by atoms with Gasteiger partial charge in [-0.15, -0.1) is 11.3 Å². The summed E-state index contributed by atoms with van der Waals surface area (Å²) in [4.78, 5) is 8.21. The normalized spacial score (nSPS) is 10.5. The summed E-state index contributed by atoms with van der Waals surface area (Å²) in [5.74, 6) is 0.862. The zero-order valence-corrected chi connectivity index (χ0v) is 12.6. The molecule has 0 aliphatic rings. The van der Waals surface area contributed by atoms with Gasteiger partial charge in [-0.2, -0.15) is 5.26 Å². The molecule has 4 heteroatoms. The quantitative estimate of drug-likeness (QED) is 0.724. The zero-order chi connectivity index (χ0) is 14.7. The van der Waals surface area contributed by atoms with Crippen molar-refractivity contribution in [1.82, 2.24) is 4.98 Å². The van der Waals surface area contributed by atoms with E-state index in [1.54, 1.807) is 11.3 Å². The molecule has 3 rings (SSSR count). The van der Waals surface area contributed by atoms with Gasteiger partial charge >= 0.3 is 0 Å². The number of fused-ring (bicyclic) bond motifs is 1. The van der Waals surface area contributed by atoms with Crippen LogP contribution in [0.1, 0.15) is 17.4 Å². The van der Waals surface area contributed by atoms with Crippen molar-refractivity contribution in [2.24, 2.45) is 0 Å². The Bertz CT molecular complexity index is 787. The molecule has 0 fully saturated rings. The number of nitrogens with zero attached hydrogens (tertiary/aromatic N) is 3. The first-order valence-electron chi connectivity index (χ1n) is 6.89. The number of pyridine rings is 1. The Morgan fingerprint density at radius 1 is 1.24 bits per heavy atom. The molecule has 2 heterocycles. The number of nitriles is 1. The molecule has 0 unspecified atom stereocenters. The van der Waals surface area contributed by atoms with Crippen molar-refractivity contribution < 1.29 is 0 Å². The van der Waals surface area contributed by atoms with Crippen LogP contribution in [0, 0.1) is 11.3 Å². The number of hydrogen-bond acceptors (Lipinski definition) is 4. The fourth-order valence-electron chi connectivity index (χ4n) is 2.36. The zero-order valence-electron chi connectivity index (χ0n) is 11.8. The SMILES string of the molecule is CCN(Cc1cccs1)c1cc(C#N)c2ccccc2n1. The molecule has 104 valence electrons. The van der Waals surface area contributed by atoms with Crippen LogP contribution in [0.15, 0.2) is 47.8 Å². The molecule has 0 saturated heterocycles. The van der Waals surface area contributed by atoms with Crippen molar-refractivity contribution in [1.29, 1.82) is 5.26 Å². The molecular formula is C17H15N3S. The van der Waals surface area contributed by atoms with E-state index in [2.05, 4.69) is 35.4 Å². The lowest BCUT2D eigenvalue weighted by Gasteiger charge is -2.22. The second-order valence-electron chi connectivity index (χ2n) is 4.75. The van der Waals surface area contributed by atoms with Gasteiger partial charge in [0, 0.05) is 16.8 Å². The molecule has 3 nitrogen and oxygen atoms in total. The Morgan fingerprint density at radius 2 is 2.10 bits per heavy atom. The minimum Gasteiger partial charge on any atom is -0.352 e. The summed E-state index contributed by atoms with van der Waals surface area (Å²) >= 11 is 1.74. The van der Waals surface area contributed by atoms with Crippen LogP contribution in [0.4, 0.5) is 5.82 Å². The van der Waals surface area contributed by atoms with Crippen molar-refractivity contribution in [3.05, 3.63) is 58.3 Å². The predicted molar refractivity (Wildman–Crippen MR) is 87.5 cm³/mol. The lowest BCUT2D eigenvalue weighted by atomic mass is 10.1. The van der Waals surface area contributed by atoms with E-state index in [0.717, 1.165) is 29.8 Å². The van der Waals surface area contributed by atoms with Gasteiger partial charge in [-0.25, -0.2) is 4.98 Å². The Morgan fingerprint density at radius 3 is 2.81 bits per heavy atom. The summed E-state index contributed by atoms with van der Waals surface area (Å²) < 4.78 is 0. The highest BCUT2D eigenvalue weighted by Gasteiger charge is 2.11.